The molecule has 7 heteroatoms. The number of aliphatic imine (C=N–C) groups is 1. The SMILES string of the molecule is CCOc1ccccc1CNC(=NC)NCc1ccc(CN2CCN(C)CC2)cc1.I. The average Bonchev–Trinajstić information content (AvgIpc) is 2.78. The van der Waals surface area contributed by atoms with Gasteiger partial charge in [0.05, 0.1) is 6.61 Å². The minimum Gasteiger partial charge on any atom is -0.494 e. The first-order valence-electron chi connectivity index (χ1n) is 10.8. The van der Waals surface area contributed by atoms with Gasteiger partial charge in [-0.15, -0.1) is 24.0 Å². The minimum atomic E-state index is 0. The van der Waals surface area contributed by atoms with Crippen LogP contribution in [0, 0.1) is 0 Å². The molecule has 0 aliphatic carbocycles. The summed E-state index contributed by atoms with van der Waals surface area (Å²) in [6.45, 7) is 9.70. The van der Waals surface area contributed by atoms with Crippen molar-refractivity contribution in [2.75, 3.05) is 46.9 Å². The number of para-hydroxylation sites is 1. The number of nitrogens with one attached hydrogen (secondary N) is 2. The van der Waals surface area contributed by atoms with Crippen molar-refractivity contribution in [2.24, 2.45) is 4.99 Å². The highest BCUT2D eigenvalue weighted by Crippen LogP contribution is 2.17. The summed E-state index contributed by atoms with van der Waals surface area (Å²) in [5.74, 6) is 1.70. The van der Waals surface area contributed by atoms with Crippen LogP contribution in [0.5, 0.6) is 5.75 Å². The van der Waals surface area contributed by atoms with E-state index in [9.17, 15) is 0 Å². The van der Waals surface area contributed by atoms with Crippen molar-refractivity contribution in [3.05, 3.63) is 65.2 Å². The predicted molar refractivity (Wildman–Crippen MR) is 139 cm³/mol. The van der Waals surface area contributed by atoms with Gasteiger partial charge in [-0.2, -0.15) is 0 Å². The van der Waals surface area contributed by atoms with Crippen molar-refractivity contribution in [2.45, 2.75) is 26.6 Å². The molecule has 0 unspecified atom stereocenters. The third-order valence-electron chi connectivity index (χ3n) is 5.43. The first-order valence-corrected chi connectivity index (χ1v) is 10.8. The van der Waals surface area contributed by atoms with Crippen LogP contribution in [-0.2, 0) is 19.6 Å². The Morgan fingerprint density at radius 2 is 1.58 bits per heavy atom. The normalized spacial score (nSPS) is 15.3. The van der Waals surface area contributed by atoms with Crippen molar-refractivity contribution >= 4 is 29.9 Å². The Morgan fingerprint density at radius 1 is 0.935 bits per heavy atom. The molecule has 0 saturated carbocycles. The highest BCUT2D eigenvalue weighted by Gasteiger charge is 2.13. The second-order valence-corrected chi connectivity index (χ2v) is 7.72. The summed E-state index contributed by atoms with van der Waals surface area (Å²) in [7, 11) is 3.99. The lowest BCUT2D eigenvalue weighted by molar-refractivity contribution is 0.148. The third kappa shape index (κ3) is 8.31. The fourth-order valence-electron chi connectivity index (χ4n) is 3.56. The average molecular weight is 537 g/mol. The van der Waals surface area contributed by atoms with Crippen LogP contribution in [0.15, 0.2) is 53.5 Å². The highest BCUT2D eigenvalue weighted by atomic mass is 127. The van der Waals surface area contributed by atoms with Gasteiger partial charge in [-0.3, -0.25) is 9.89 Å². The lowest BCUT2D eigenvalue weighted by atomic mass is 10.1. The molecule has 170 valence electrons. The quantitative estimate of drug-likeness (QED) is 0.308. The van der Waals surface area contributed by atoms with Gasteiger partial charge in [-0.25, -0.2) is 0 Å². The number of rotatable bonds is 8. The van der Waals surface area contributed by atoms with Crippen molar-refractivity contribution in [1.82, 2.24) is 20.4 Å². The fraction of sp³-hybridized carbons (Fsp3) is 0.458. The summed E-state index contributed by atoms with van der Waals surface area (Å²) in [5.41, 5.74) is 3.74. The largest absolute Gasteiger partial charge is 0.494 e. The van der Waals surface area contributed by atoms with Crippen LogP contribution in [0.25, 0.3) is 0 Å². The molecule has 2 aromatic rings. The van der Waals surface area contributed by atoms with Crippen molar-refractivity contribution in [3.63, 3.8) is 0 Å². The minimum absolute atomic E-state index is 0. The van der Waals surface area contributed by atoms with Gasteiger partial charge in [-0.05, 0) is 31.2 Å². The van der Waals surface area contributed by atoms with E-state index in [0.717, 1.165) is 56.5 Å². The highest BCUT2D eigenvalue weighted by molar-refractivity contribution is 14.0. The van der Waals surface area contributed by atoms with Crippen LogP contribution in [0.3, 0.4) is 0 Å². The smallest absolute Gasteiger partial charge is 0.191 e. The van der Waals surface area contributed by atoms with Gasteiger partial charge in [0, 0.05) is 58.4 Å². The number of hydrogen-bond donors (Lipinski definition) is 2. The molecule has 3 rings (SSSR count). The molecule has 0 bridgehead atoms. The van der Waals surface area contributed by atoms with E-state index >= 15 is 0 Å². The van der Waals surface area contributed by atoms with Crippen LogP contribution >= 0.6 is 24.0 Å². The van der Waals surface area contributed by atoms with Gasteiger partial charge in [0.1, 0.15) is 5.75 Å². The summed E-state index contributed by atoms with van der Waals surface area (Å²) in [4.78, 5) is 9.26. The van der Waals surface area contributed by atoms with E-state index in [1.807, 2.05) is 25.1 Å². The molecule has 1 aliphatic rings. The molecule has 0 radical (unpaired) electrons. The van der Waals surface area contributed by atoms with E-state index in [-0.39, 0.29) is 24.0 Å². The summed E-state index contributed by atoms with van der Waals surface area (Å²) in [6, 6.07) is 17.0. The van der Waals surface area contributed by atoms with Crippen LogP contribution in [0.4, 0.5) is 0 Å². The Labute approximate surface area is 204 Å². The molecule has 2 N–H and O–H groups in total. The second-order valence-electron chi connectivity index (χ2n) is 7.72. The molecule has 2 aromatic carbocycles. The Bertz CT molecular complexity index is 804. The number of guanidine groups is 1. The van der Waals surface area contributed by atoms with Crippen molar-refractivity contribution in [3.8, 4) is 5.75 Å². The number of nitrogens with zero attached hydrogens (tertiary/aromatic N) is 3. The Morgan fingerprint density at radius 3 is 2.26 bits per heavy atom. The lowest BCUT2D eigenvalue weighted by Gasteiger charge is -2.32. The molecule has 1 heterocycles. The monoisotopic (exact) mass is 537 g/mol. The molecule has 0 atom stereocenters. The molecule has 1 saturated heterocycles. The maximum absolute atomic E-state index is 5.70. The lowest BCUT2D eigenvalue weighted by Crippen LogP contribution is -2.43. The van der Waals surface area contributed by atoms with Gasteiger partial charge < -0.3 is 20.3 Å². The van der Waals surface area contributed by atoms with Gasteiger partial charge in [0.25, 0.3) is 0 Å². The molecule has 1 fully saturated rings. The molecule has 6 nitrogen and oxygen atoms in total. The number of piperazine rings is 1. The molecular formula is C24H36IN5O. The van der Waals surface area contributed by atoms with Gasteiger partial charge in [-0.1, -0.05) is 42.5 Å². The number of halogens is 1. The van der Waals surface area contributed by atoms with E-state index in [4.69, 9.17) is 4.74 Å². The molecule has 0 spiro atoms. The molecule has 0 aromatic heterocycles. The Hall–Kier alpha value is -1.84. The maximum atomic E-state index is 5.70. The van der Waals surface area contributed by atoms with Crippen LogP contribution < -0.4 is 15.4 Å². The first-order chi connectivity index (χ1) is 14.7. The summed E-state index contributed by atoms with van der Waals surface area (Å²) < 4.78 is 5.70. The van der Waals surface area contributed by atoms with Crippen LogP contribution in [0.2, 0.25) is 0 Å². The molecule has 31 heavy (non-hydrogen) atoms. The zero-order valence-corrected chi connectivity index (χ0v) is 21.3. The fourth-order valence-corrected chi connectivity index (χ4v) is 3.56. The zero-order chi connectivity index (χ0) is 21.2. The summed E-state index contributed by atoms with van der Waals surface area (Å²) >= 11 is 0. The van der Waals surface area contributed by atoms with E-state index in [1.165, 1.54) is 11.1 Å². The van der Waals surface area contributed by atoms with E-state index in [0.29, 0.717) is 13.2 Å². The first kappa shape index (κ1) is 25.4. The van der Waals surface area contributed by atoms with Gasteiger partial charge >= 0.3 is 0 Å². The maximum Gasteiger partial charge on any atom is 0.191 e. The zero-order valence-electron chi connectivity index (χ0n) is 18.9. The molecule has 1 aliphatic heterocycles. The predicted octanol–water partition coefficient (Wildman–Crippen LogP) is 3.32. The van der Waals surface area contributed by atoms with E-state index < -0.39 is 0 Å². The third-order valence-corrected chi connectivity index (χ3v) is 5.43. The summed E-state index contributed by atoms with van der Waals surface area (Å²) in [5, 5.41) is 6.77. The van der Waals surface area contributed by atoms with E-state index in [1.54, 1.807) is 7.05 Å². The molecular weight excluding hydrogens is 501 g/mol. The Balaban J connectivity index is 0.00000341. The van der Waals surface area contributed by atoms with Crippen LogP contribution in [0.1, 0.15) is 23.6 Å². The number of benzene rings is 2. The van der Waals surface area contributed by atoms with Gasteiger partial charge in [0.2, 0.25) is 0 Å². The molecule has 0 amide bonds. The van der Waals surface area contributed by atoms with Crippen molar-refractivity contribution < 1.29 is 4.74 Å². The van der Waals surface area contributed by atoms with Gasteiger partial charge in [0.15, 0.2) is 5.96 Å². The summed E-state index contributed by atoms with van der Waals surface area (Å²) in [6.07, 6.45) is 0. The standard InChI is InChI=1S/C24H35N5O.HI/c1-4-30-23-8-6-5-7-22(23)18-27-24(25-2)26-17-20-9-11-21(12-10-20)19-29-15-13-28(3)14-16-29;/h5-12H,4,13-19H2,1-3H3,(H2,25,26,27);1H. The van der Waals surface area contributed by atoms with Crippen molar-refractivity contribution in [1.29, 1.82) is 0 Å². The Kier molecular flexibility index (Phi) is 11.1. The van der Waals surface area contributed by atoms with E-state index in [2.05, 4.69) is 62.8 Å². The number of likely N-dealkylation sites (N-methyl/N-ethyl adjacent to an activating group) is 1. The van der Waals surface area contributed by atoms with Crippen LogP contribution in [-0.4, -0.2) is 62.6 Å². The topological polar surface area (TPSA) is 52.1 Å². The number of ether oxygens (including phenoxy) is 1. The second kappa shape index (κ2) is 13.5. The number of hydrogen-bond acceptors (Lipinski definition) is 4.